The van der Waals surface area contributed by atoms with E-state index in [0.29, 0.717) is 41.8 Å². The number of nitrogens with zero attached hydrogens (tertiary/aromatic N) is 3. The second-order valence-electron chi connectivity index (χ2n) is 10.4. The highest BCUT2D eigenvalue weighted by Crippen LogP contribution is 2.60. The highest BCUT2D eigenvalue weighted by Gasteiger charge is 2.54. The van der Waals surface area contributed by atoms with Crippen molar-refractivity contribution in [2.75, 3.05) is 30.3 Å². The van der Waals surface area contributed by atoms with Gasteiger partial charge in [-0.3, -0.25) is 0 Å². The highest BCUT2D eigenvalue weighted by atomic mass is 16.3. The quantitative estimate of drug-likeness (QED) is 0.341. The Morgan fingerprint density at radius 1 is 1.12 bits per heavy atom. The number of rotatable bonds is 10. The van der Waals surface area contributed by atoms with E-state index in [0.717, 1.165) is 31.0 Å². The molecule has 1 aromatic heterocycles. The van der Waals surface area contributed by atoms with Gasteiger partial charge in [0.25, 0.3) is 0 Å². The average Bonchev–Trinajstić information content (AvgIpc) is 2.84. The second kappa shape index (κ2) is 9.77. The van der Waals surface area contributed by atoms with Crippen LogP contribution in [0.5, 0.6) is 5.75 Å². The molecule has 0 radical (unpaired) electrons. The molecule has 0 spiro atoms. The number of nitrogens with one attached hydrogen (secondary N) is 3. The van der Waals surface area contributed by atoms with Crippen LogP contribution in [0.15, 0.2) is 30.5 Å². The van der Waals surface area contributed by atoms with Crippen molar-refractivity contribution in [1.29, 1.82) is 5.26 Å². The van der Waals surface area contributed by atoms with Crippen molar-refractivity contribution in [2.45, 2.75) is 51.1 Å². The number of nitriles is 1. The van der Waals surface area contributed by atoms with Gasteiger partial charge in [-0.1, -0.05) is 18.2 Å². The summed E-state index contributed by atoms with van der Waals surface area (Å²) < 4.78 is 0. The van der Waals surface area contributed by atoms with Gasteiger partial charge in [-0.2, -0.15) is 10.2 Å². The van der Waals surface area contributed by atoms with Gasteiger partial charge in [-0.15, -0.1) is 0 Å². The maximum absolute atomic E-state index is 9.99. The Kier molecular flexibility index (Phi) is 6.57. The minimum atomic E-state index is 0.230. The van der Waals surface area contributed by atoms with Crippen molar-refractivity contribution in [3.05, 3.63) is 41.6 Å². The minimum absolute atomic E-state index is 0.230. The summed E-state index contributed by atoms with van der Waals surface area (Å²) in [6.07, 6.45) is 8.66. The Morgan fingerprint density at radius 2 is 1.91 bits per heavy atom. The number of aromatic hydroxyl groups is 1. The number of aliphatic hydroxyl groups is 1. The van der Waals surface area contributed by atoms with Crippen LogP contribution in [0.1, 0.15) is 49.7 Å². The van der Waals surface area contributed by atoms with Crippen molar-refractivity contribution in [3.63, 3.8) is 0 Å². The molecule has 1 heterocycles. The van der Waals surface area contributed by atoms with E-state index in [1.807, 2.05) is 12.1 Å². The van der Waals surface area contributed by atoms with Gasteiger partial charge in [0, 0.05) is 31.3 Å². The van der Waals surface area contributed by atoms with Crippen LogP contribution in [-0.2, 0) is 6.54 Å². The molecule has 4 saturated carbocycles. The number of hydrogen-bond acceptors (Lipinski definition) is 8. The summed E-state index contributed by atoms with van der Waals surface area (Å²) in [6.45, 7) is 2.37. The van der Waals surface area contributed by atoms with Gasteiger partial charge in [0.1, 0.15) is 23.2 Å². The fraction of sp³-hybridized carbons (Fsp3) is 0.577. The maximum atomic E-state index is 9.99. The van der Waals surface area contributed by atoms with E-state index < -0.39 is 0 Å². The average molecular weight is 463 g/mol. The summed E-state index contributed by atoms with van der Waals surface area (Å²) in [5.74, 6) is 3.43. The number of hydrogen-bond donors (Lipinski definition) is 5. The first-order valence-corrected chi connectivity index (χ1v) is 12.4. The first kappa shape index (κ1) is 22.9. The minimum Gasteiger partial charge on any atom is -0.508 e. The maximum Gasteiger partial charge on any atom is 0.224 e. The third-order valence-electron chi connectivity index (χ3n) is 8.08. The second-order valence-corrected chi connectivity index (χ2v) is 10.4. The van der Waals surface area contributed by atoms with Crippen LogP contribution in [0.3, 0.4) is 0 Å². The smallest absolute Gasteiger partial charge is 0.224 e. The molecule has 180 valence electrons. The monoisotopic (exact) mass is 462 g/mol. The summed E-state index contributed by atoms with van der Waals surface area (Å²) >= 11 is 0. The van der Waals surface area contributed by atoms with Crippen molar-refractivity contribution in [3.8, 4) is 11.8 Å². The Balaban J connectivity index is 1.25. The molecule has 0 saturated heterocycles. The molecule has 8 heteroatoms. The van der Waals surface area contributed by atoms with Gasteiger partial charge >= 0.3 is 0 Å². The number of anilines is 2. The van der Waals surface area contributed by atoms with Crippen molar-refractivity contribution in [2.24, 2.45) is 23.2 Å². The third-order valence-corrected chi connectivity index (χ3v) is 8.08. The van der Waals surface area contributed by atoms with E-state index in [9.17, 15) is 10.4 Å². The van der Waals surface area contributed by atoms with Gasteiger partial charge in [0.15, 0.2) is 0 Å². The van der Waals surface area contributed by atoms with E-state index in [1.165, 1.54) is 32.1 Å². The van der Waals surface area contributed by atoms with Crippen LogP contribution in [0.2, 0.25) is 0 Å². The number of para-hydroxylation sites is 1. The Labute approximate surface area is 200 Å². The summed E-state index contributed by atoms with van der Waals surface area (Å²) in [6, 6.07) is 9.96. The molecule has 4 bridgehead atoms. The molecule has 5 atom stereocenters. The van der Waals surface area contributed by atoms with Gasteiger partial charge in [-0.25, -0.2) is 4.98 Å². The van der Waals surface area contributed by atoms with Crippen LogP contribution < -0.4 is 16.0 Å². The first-order chi connectivity index (χ1) is 16.6. The van der Waals surface area contributed by atoms with Crippen LogP contribution in [0, 0.1) is 34.5 Å². The fourth-order valence-corrected chi connectivity index (χ4v) is 6.88. The third kappa shape index (κ3) is 4.68. The lowest BCUT2D eigenvalue weighted by atomic mass is 9.48. The Morgan fingerprint density at radius 3 is 2.65 bits per heavy atom. The molecule has 4 aliphatic rings. The van der Waals surface area contributed by atoms with Crippen LogP contribution >= 0.6 is 0 Å². The SMILES string of the molecule is N#Cc1cnc(NCc2ccccc2O)nc1NCC12CC3C[C@H](C1)C(NCCCO)[C@@H](C3)C2. The molecule has 2 aromatic rings. The highest BCUT2D eigenvalue weighted by molar-refractivity contribution is 5.53. The lowest BCUT2D eigenvalue weighted by Crippen LogP contribution is -2.59. The number of phenols is 1. The molecule has 8 nitrogen and oxygen atoms in total. The largest absolute Gasteiger partial charge is 0.508 e. The first-order valence-electron chi connectivity index (χ1n) is 12.4. The zero-order valence-corrected chi connectivity index (χ0v) is 19.5. The number of aromatic nitrogens is 2. The molecule has 4 aliphatic carbocycles. The van der Waals surface area contributed by atoms with Crippen molar-refractivity contribution >= 4 is 11.8 Å². The number of benzene rings is 1. The lowest BCUT2D eigenvalue weighted by Gasteiger charge is -2.60. The van der Waals surface area contributed by atoms with Gasteiger partial charge in [0.05, 0.1) is 6.20 Å². The van der Waals surface area contributed by atoms with Gasteiger partial charge in [-0.05, 0) is 74.3 Å². The molecular weight excluding hydrogens is 428 g/mol. The van der Waals surface area contributed by atoms with Crippen LogP contribution in [0.25, 0.3) is 0 Å². The predicted molar refractivity (Wildman–Crippen MR) is 130 cm³/mol. The van der Waals surface area contributed by atoms with Crippen LogP contribution in [0.4, 0.5) is 11.8 Å². The van der Waals surface area contributed by atoms with E-state index in [1.54, 1.807) is 18.3 Å². The molecule has 0 amide bonds. The molecule has 1 aromatic carbocycles. The topological polar surface area (TPSA) is 126 Å². The van der Waals surface area contributed by atoms with E-state index in [2.05, 4.69) is 32.0 Å². The van der Waals surface area contributed by atoms with Crippen molar-refractivity contribution < 1.29 is 10.2 Å². The predicted octanol–water partition coefficient (Wildman–Crippen LogP) is 3.24. The lowest BCUT2D eigenvalue weighted by molar-refractivity contribution is -0.0694. The zero-order valence-electron chi connectivity index (χ0n) is 19.5. The summed E-state index contributed by atoms with van der Waals surface area (Å²) in [5.41, 5.74) is 1.47. The number of phenolic OH excluding ortho intramolecular Hbond substituents is 1. The molecule has 6 rings (SSSR count). The molecule has 4 fully saturated rings. The molecule has 0 aliphatic heterocycles. The Bertz CT molecular complexity index is 1040. The molecular formula is C26H34N6O2. The van der Waals surface area contributed by atoms with E-state index in [4.69, 9.17) is 5.11 Å². The fourth-order valence-electron chi connectivity index (χ4n) is 6.88. The molecule has 5 N–H and O–H groups in total. The molecule has 3 unspecified atom stereocenters. The summed E-state index contributed by atoms with van der Waals surface area (Å²) in [4.78, 5) is 8.88. The van der Waals surface area contributed by atoms with Crippen LogP contribution in [-0.4, -0.2) is 45.9 Å². The summed E-state index contributed by atoms with van der Waals surface area (Å²) in [5, 5.41) is 39.2. The van der Waals surface area contributed by atoms with Crippen molar-refractivity contribution in [1.82, 2.24) is 15.3 Å². The normalized spacial score (nSPS) is 29.1. The standard InChI is InChI=1S/C26H34N6O2/c27-13-21-15-30-25(29-14-18-4-1-2-5-22(18)34)32-24(21)31-16-26-10-17-8-19(11-26)23(20(9-17)12-26)28-6-3-7-33/h1-2,4-5,15,17,19-20,23,28,33-34H,3,6-12,14,16H2,(H2,29,30,31,32)/t17?,19-,20+,23?,26?. The zero-order chi connectivity index (χ0) is 23.5. The van der Waals surface area contributed by atoms with E-state index >= 15 is 0 Å². The van der Waals surface area contributed by atoms with E-state index in [-0.39, 0.29) is 17.8 Å². The summed E-state index contributed by atoms with van der Waals surface area (Å²) in [7, 11) is 0. The number of aliphatic hydroxyl groups excluding tert-OH is 1. The van der Waals surface area contributed by atoms with Gasteiger partial charge in [0.2, 0.25) is 5.95 Å². The van der Waals surface area contributed by atoms with Gasteiger partial charge < -0.3 is 26.2 Å². The Hall–Kier alpha value is -2.89. The molecule has 34 heavy (non-hydrogen) atoms.